The monoisotopic (exact) mass is 380 g/mol. The highest BCUT2D eigenvalue weighted by Gasteiger charge is 2.21. The Hall–Kier alpha value is -1.42. The van der Waals surface area contributed by atoms with Crippen molar-refractivity contribution in [2.45, 2.75) is 17.7 Å². The molecule has 2 aromatic rings. The van der Waals surface area contributed by atoms with E-state index >= 15 is 0 Å². The van der Waals surface area contributed by atoms with Crippen LogP contribution in [0.2, 0.25) is 10.0 Å². The maximum absolute atomic E-state index is 12.2. The molecule has 0 saturated carbocycles. The molecule has 0 atom stereocenters. The molecule has 0 aliphatic heterocycles. The number of rotatable bonds is 5. The van der Waals surface area contributed by atoms with E-state index in [1.807, 2.05) is 0 Å². The minimum Gasteiger partial charge on any atom is -0.301 e. The molecule has 1 amide bonds. The molecule has 0 aliphatic carbocycles. The zero-order valence-corrected chi connectivity index (χ0v) is 14.3. The number of halogens is 2. The van der Waals surface area contributed by atoms with Crippen LogP contribution in [0.5, 0.6) is 0 Å². The van der Waals surface area contributed by atoms with Crippen molar-refractivity contribution in [3.05, 3.63) is 28.2 Å². The average Bonchev–Trinajstić information content (AvgIpc) is 2.86. The molecule has 1 heterocycles. The smallest absolute Gasteiger partial charge is 0.291 e. The minimum absolute atomic E-state index is 0.108. The number of carbonyl (C=O) groups excluding carboxylic acids is 1. The van der Waals surface area contributed by atoms with E-state index in [1.54, 1.807) is 6.92 Å². The third-order valence-electron chi connectivity index (χ3n) is 2.32. The van der Waals surface area contributed by atoms with E-state index in [0.29, 0.717) is 10.0 Å². The number of hydrogen-bond donors (Lipinski definition) is 2. The standard InChI is InChI=1S/C11H10Cl2N4O3S2/c1-2-9(18)14-10-15-16-11(21-10)22(19,20)17-8-4-6(12)3-7(13)5-8/h3-5,17H,2H2,1H3,(H,14,15,18). The summed E-state index contributed by atoms with van der Waals surface area (Å²) in [4.78, 5) is 11.2. The van der Waals surface area contributed by atoms with Crippen LogP contribution in [0.1, 0.15) is 13.3 Å². The zero-order chi connectivity index (χ0) is 16.3. The number of anilines is 2. The van der Waals surface area contributed by atoms with Gasteiger partial charge in [-0.2, -0.15) is 8.42 Å². The summed E-state index contributed by atoms with van der Waals surface area (Å²) in [6.07, 6.45) is 0.251. The molecule has 7 nitrogen and oxygen atoms in total. The number of hydrogen-bond acceptors (Lipinski definition) is 6. The Morgan fingerprint density at radius 3 is 2.45 bits per heavy atom. The van der Waals surface area contributed by atoms with Crippen LogP contribution in [-0.2, 0) is 14.8 Å². The van der Waals surface area contributed by atoms with Crippen molar-refractivity contribution in [3.8, 4) is 0 Å². The Balaban J connectivity index is 2.21. The summed E-state index contributed by atoms with van der Waals surface area (Å²) < 4.78 is 26.4. The molecular weight excluding hydrogens is 371 g/mol. The van der Waals surface area contributed by atoms with E-state index in [-0.39, 0.29) is 27.5 Å². The van der Waals surface area contributed by atoms with Crippen molar-refractivity contribution in [2.24, 2.45) is 0 Å². The largest absolute Gasteiger partial charge is 0.301 e. The van der Waals surface area contributed by atoms with Crippen molar-refractivity contribution < 1.29 is 13.2 Å². The van der Waals surface area contributed by atoms with Crippen LogP contribution in [-0.4, -0.2) is 24.5 Å². The summed E-state index contributed by atoms with van der Waals surface area (Å²) in [6, 6.07) is 4.29. The van der Waals surface area contributed by atoms with Gasteiger partial charge in [-0.25, -0.2) is 0 Å². The molecule has 0 aliphatic rings. The van der Waals surface area contributed by atoms with Gasteiger partial charge in [-0.3, -0.25) is 9.52 Å². The molecule has 0 unspecified atom stereocenters. The third kappa shape index (κ3) is 4.29. The van der Waals surface area contributed by atoms with Gasteiger partial charge in [0.05, 0.1) is 5.69 Å². The lowest BCUT2D eigenvalue weighted by atomic mass is 10.3. The third-order valence-corrected chi connectivity index (χ3v) is 5.34. The van der Waals surface area contributed by atoms with Gasteiger partial charge in [0.1, 0.15) is 0 Å². The molecule has 1 aromatic heterocycles. The second-order valence-corrected chi connectivity index (χ2v) is 7.74. The van der Waals surface area contributed by atoms with E-state index in [9.17, 15) is 13.2 Å². The number of amides is 1. The highest BCUT2D eigenvalue weighted by molar-refractivity contribution is 7.94. The van der Waals surface area contributed by atoms with E-state index in [2.05, 4.69) is 20.2 Å². The second-order valence-electron chi connectivity index (χ2n) is 4.04. The number of sulfonamides is 1. The Bertz CT molecular complexity index is 787. The normalized spacial score (nSPS) is 11.2. The molecule has 0 bridgehead atoms. The van der Waals surface area contributed by atoms with Crippen LogP contribution >= 0.6 is 34.5 Å². The lowest BCUT2D eigenvalue weighted by molar-refractivity contribution is -0.115. The van der Waals surface area contributed by atoms with Gasteiger partial charge in [-0.15, -0.1) is 10.2 Å². The van der Waals surface area contributed by atoms with E-state index in [0.717, 1.165) is 11.3 Å². The van der Waals surface area contributed by atoms with Crippen LogP contribution in [0, 0.1) is 0 Å². The SMILES string of the molecule is CCC(=O)Nc1nnc(S(=O)(=O)Nc2cc(Cl)cc(Cl)c2)s1. The van der Waals surface area contributed by atoms with E-state index < -0.39 is 10.0 Å². The molecule has 0 radical (unpaired) electrons. The Morgan fingerprint density at radius 2 is 1.86 bits per heavy atom. The molecule has 0 spiro atoms. The van der Waals surface area contributed by atoms with Gasteiger partial charge in [0.2, 0.25) is 11.0 Å². The van der Waals surface area contributed by atoms with Gasteiger partial charge in [-0.05, 0) is 18.2 Å². The van der Waals surface area contributed by atoms with Crippen LogP contribution in [0.25, 0.3) is 0 Å². The first-order chi connectivity index (χ1) is 10.3. The van der Waals surface area contributed by atoms with Crippen LogP contribution < -0.4 is 10.0 Å². The van der Waals surface area contributed by atoms with Gasteiger partial charge < -0.3 is 5.32 Å². The first kappa shape index (κ1) is 16.9. The second kappa shape index (κ2) is 6.78. The highest BCUT2D eigenvalue weighted by atomic mass is 35.5. The fraction of sp³-hybridized carbons (Fsp3) is 0.182. The molecule has 118 valence electrons. The summed E-state index contributed by atoms with van der Waals surface area (Å²) in [5, 5.41) is 10.3. The average molecular weight is 381 g/mol. The fourth-order valence-electron chi connectivity index (χ4n) is 1.39. The first-order valence-corrected chi connectivity index (χ1v) is 8.98. The maximum Gasteiger partial charge on any atom is 0.291 e. The summed E-state index contributed by atoms with van der Waals surface area (Å²) in [5.74, 6) is -0.283. The molecule has 0 fully saturated rings. The summed E-state index contributed by atoms with van der Waals surface area (Å²) in [7, 11) is -3.94. The van der Waals surface area contributed by atoms with Crippen molar-refractivity contribution in [3.63, 3.8) is 0 Å². The summed E-state index contributed by atoms with van der Waals surface area (Å²) in [6.45, 7) is 1.67. The van der Waals surface area contributed by atoms with Crippen molar-refractivity contribution in [1.29, 1.82) is 0 Å². The molecule has 0 saturated heterocycles. The van der Waals surface area contributed by atoms with Crippen LogP contribution in [0.3, 0.4) is 0 Å². The van der Waals surface area contributed by atoms with Crippen LogP contribution in [0.4, 0.5) is 10.8 Å². The van der Waals surface area contributed by atoms with Gasteiger partial charge in [-0.1, -0.05) is 41.5 Å². The van der Waals surface area contributed by atoms with Crippen molar-refractivity contribution in [2.75, 3.05) is 10.0 Å². The number of nitrogens with one attached hydrogen (secondary N) is 2. The number of carbonyl (C=O) groups is 1. The molecule has 2 N–H and O–H groups in total. The van der Waals surface area contributed by atoms with Gasteiger partial charge >= 0.3 is 0 Å². The molecule has 1 aromatic carbocycles. The highest BCUT2D eigenvalue weighted by Crippen LogP contribution is 2.26. The van der Waals surface area contributed by atoms with E-state index in [1.165, 1.54) is 18.2 Å². The number of benzene rings is 1. The quantitative estimate of drug-likeness (QED) is 0.776. The van der Waals surface area contributed by atoms with Gasteiger partial charge in [0, 0.05) is 16.5 Å². The predicted octanol–water partition coefficient (Wildman–Crippen LogP) is 2.99. The van der Waals surface area contributed by atoms with Crippen molar-refractivity contribution >= 4 is 61.3 Å². The molecule has 22 heavy (non-hydrogen) atoms. The van der Waals surface area contributed by atoms with Crippen molar-refractivity contribution in [1.82, 2.24) is 10.2 Å². The Morgan fingerprint density at radius 1 is 1.23 bits per heavy atom. The Labute approximate surface area is 140 Å². The summed E-state index contributed by atoms with van der Waals surface area (Å²) in [5.41, 5.74) is 0.201. The molecular formula is C11H10Cl2N4O3S2. The first-order valence-electron chi connectivity index (χ1n) is 5.92. The number of nitrogens with zero attached hydrogens (tertiary/aromatic N) is 2. The topological polar surface area (TPSA) is 101 Å². The minimum atomic E-state index is -3.94. The lowest BCUT2D eigenvalue weighted by Gasteiger charge is -2.05. The predicted molar refractivity (Wildman–Crippen MR) is 86.1 cm³/mol. The zero-order valence-electron chi connectivity index (χ0n) is 11.1. The van der Waals surface area contributed by atoms with Gasteiger partial charge in [0.25, 0.3) is 14.4 Å². The maximum atomic E-state index is 12.2. The lowest BCUT2D eigenvalue weighted by Crippen LogP contribution is -2.12. The fourth-order valence-corrected chi connectivity index (χ4v) is 3.87. The summed E-state index contributed by atoms with van der Waals surface area (Å²) >= 11 is 12.4. The Kier molecular flexibility index (Phi) is 5.22. The molecule has 11 heteroatoms. The van der Waals surface area contributed by atoms with Crippen LogP contribution in [0.15, 0.2) is 22.5 Å². The molecule has 2 rings (SSSR count). The van der Waals surface area contributed by atoms with Gasteiger partial charge in [0.15, 0.2) is 0 Å². The number of aromatic nitrogens is 2. The van der Waals surface area contributed by atoms with E-state index in [4.69, 9.17) is 23.2 Å².